The number of aryl methyl sites for hydroxylation is 1. The van der Waals surface area contributed by atoms with Gasteiger partial charge >= 0.3 is 5.97 Å². The van der Waals surface area contributed by atoms with Gasteiger partial charge in [0.15, 0.2) is 24.7 Å². The van der Waals surface area contributed by atoms with Crippen molar-refractivity contribution >= 4 is 39.6 Å². The maximum Gasteiger partial charge on any atom is 0.331 e. The molecule has 8 heteroatoms. The minimum absolute atomic E-state index is 0.0975. The van der Waals surface area contributed by atoms with Crippen LogP contribution in [-0.2, 0) is 14.3 Å². The molecule has 0 aliphatic rings. The van der Waals surface area contributed by atoms with Crippen molar-refractivity contribution in [3.05, 3.63) is 58.1 Å². The van der Waals surface area contributed by atoms with Crippen molar-refractivity contribution in [3.63, 3.8) is 0 Å². The molecule has 0 saturated carbocycles. The quantitative estimate of drug-likeness (QED) is 0.476. The van der Waals surface area contributed by atoms with Gasteiger partial charge in [-0.3, -0.25) is 4.79 Å². The Labute approximate surface area is 177 Å². The predicted octanol–water partition coefficient (Wildman–Crippen LogP) is 3.86. The molecule has 1 N–H and O–H groups in total. The Balaban J connectivity index is 1.88. The number of rotatable bonds is 8. The van der Waals surface area contributed by atoms with E-state index in [1.54, 1.807) is 30.3 Å². The molecule has 1 amide bonds. The zero-order valence-corrected chi connectivity index (χ0v) is 17.5. The first-order chi connectivity index (χ1) is 13.9. The highest BCUT2D eigenvalue weighted by Gasteiger charge is 2.08. The van der Waals surface area contributed by atoms with Crippen molar-refractivity contribution in [1.82, 2.24) is 0 Å². The van der Waals surface area contributed by atoms with E-state index < -0.39 is 18.5 Å². The number of benzene rings is 2. The number of nitrogens with one attached hydrogen (secondary N) is 1. The maximum atomic E-state index is 11.9. The molecule has 0 bridgehead atoms. The number of methoxy groups -OCH3 is 1. The molecule has 0 aromatic heterocycles. The number of halogens is 1. The average molecular weight is 459 g/mol. The molecule has 0 atom stereocenters. The van der Waals surface area contributed by atoms with Crippen LogP contribution in [-0.4, -0.2) is 32.2 Å². The summed E-state index contributed by atoms with van der Waals surface area (Å²) >= 11 is 3.39. The lowest BCUT2D eigenvalue weighted by Gasteiger charge is -2.09. The minimum Gasteiger partial charge on any atom is -0.493 e. The van der Waals surface area contributed by atoms with Gasteiger partial charge in [-0.15, -0.1) is 0 Å². The van der Waals surface area contributed by atoms with Gasteiger partial charge in [0, 0.05) is 16.2 Å². The molecular weight excluding hydrogens is 440 g/mol. The Morgan fingerprint density at radius 1 is 1.21 bits per heavy atom. The minimum atomic E-state index is -0.657. The molecule has 0 aliphatic carbocycles. The molecule has 7 nitrogen and oxygen atoms in total. The van der Waals surface area contributed by atoms with Gasteiger partial charge in [0.1, 0.15) is 6.07 Å². The van der Waals surface area contributed by atoms with Crippen LogP contribution >= 0.6 is 15.9 Å². The van der Waals surface area contributed by atoms with Gasteiger partial charge in [-0.25, -0.2) is 4.79 Å². The number of esters is 1. The average Bonchev–Trinajstić information content (AvgIpc) is 2.72. The zero-order valence-electron chi connectivity index (χ0n) is 15.9. The number of ether oxygens (including phenoxy) is 3. The van der Waals surface area contributed by atoms with E-state index in [1.807, 2.05) is 19.1 Å². The maximum absolute atomic E-state index is 11.9. The number of nitrogens with zero attached hydrogens (tertiary/aromatic N) is 1. The fourth-order valence-electron chi connectivity index (χ4n) is 2.29. The van der Waals surface area contributed by atoms with Crippen LogP contribution in [0.4, 0.5) is 5.69 Å². The van der Waals surface area contributed by atoms with Crippen LogP contribution in [0, 0.1) is 18.3 Å². The lowest BCUT2D eigenvalue weighted by molar-refractivity contribution is -0.142. The van der Waals surface area contributed by atoms with Gasteiger partial charge in [-0.1, -0.05) is 22.0 Å². The van der Waals surface area contributed by atoms with Gasteiger partial charge in [0.2, 0.25) is 0 Å². The SMILES string of the molecule is COc1cc(C=CC(=O)OCC(=O)Nc2ccc(Br)c(C)c2)ccc1OCC#N. The van der Waals surface area contributed by atoms with E-state index in [4.69, 9.17) is 19.5 Å². The van der Waals surface area contributed by atoms with E-state index in [9.17, 15) is 9.59 Å². The highest BCUT2D eigenvalue weighted by atomic mass is 79.9. The number of carbonyl (C=O) groups excluding carboxylic acids is 2. The van der Waals surface area contributed by atoms with Gasteiger partial charge in [-0.2, -0.15) is 5.26 Å². The van der Waals surface area contributed by atoms with Gasteiger partial charge < -0.3 is 19.5 Å². The number of anilines is 1. The third kappa shape index (κ3) is 6.97. The molecule has 2 aromatic carbocycles. The van der Waals surface area contributed by atoms with Crippen LogP contribution in [0.5, 0.6) is 11.5 Å². The highest BCUT2D eigenvalue weighted by molar-refractivity contribution is 9.10. The summed E-state index contributed by atoms with van der Waals surface area (Å²) in [6.07, 6.45) is 2.73. The first-order valence-corrected chi connectivity index (χ1v) is 9.31. The number of carbonyl (C=O) groups is 2. The number of amides is 1. The summed E-state index contributed by atoms with van der Waals surface area (Å²) in [6, 6.07) is 12.2. The summed E-state index contributed by atoms with van der Waals surface area (Å²) in [5.74, 6) is -0.237. The molecule has 0 aliphatic heterocycles. The normalized spacial score (nSPS) is 10.3. The third-order valence-corrected chi connectivity index (χ3v) is 4.57. The second-order valence-electron chi connectivity index (χ2n) is 5.81. The van der Waals surface area contributed by atoms with Crippen molar-refractivity contribution in [1.29, 1.82) is 5.26 Å². The molecule has 0 saturated heterocycles. The van der Waals surface area contributed by atoms with E-state index in [1.165, 1.54) is 19.3 Å². The molecule has 0 heterocycles. The Hall–Kier alpha value is -3.31. The van der Waals surface area contributed by atoms with Gasteiger partial charge in [0.05, 0.1) is 7.11 Å². The second kappa shape index (κ2) is 10.9. The third-order valence-electron chi connectivity index (χ3n) is 3.68. The summed E-state index contributed by atoms with van der Waals surface area (Å²) in [6.45, 7) is 1.41. The lowest BCUT2D eigenvalue weighted by Crippen LogP contribution is -2.20. The van der Waals surface area contributed by atoms with E-state index in [0.717, 1.165) is 10.0 Å². The molecule has 150 valence electrons. The van der Waals surface area contributed by atoms with Crippen LogP contribution in [0.25, 0.3) is 6.08 Å². The molecular formula is C21H19BrN2O5. The highest BCUT2D eigenvalue weighted by Crippen LogP contribution is 2.28. The fraction of sp³-hybridized carbons (Fsp3) is 0.190. The number of hydrogen-bond donors (Lipinski definition) is 1. The Kier molecular flexibility index (Phi) is 8.25. The molecule has 29 heavy (non-hydrogen) atoms. The van der Waals surface area contributed by atoms with Gasteiger partial charge in [0.25, 0.3) is 5.91 Å². The monoisotopic (exact) mass is 458 g/mol. The van der Waals surface area contributed by atoms with Crippen molar-refractivity contribution in [2.75, 3.05) is 25.6 Å². The van der Waals surface area contributed by atoms with Crippen LogP contribution in [0.1, 0.15) is 11.1 Å². The second-order valence-corrected chi connectivity index (χ2v) is 6.66. The molecule has 0 fully saturated rings. The Bertz CT molecular complexity index is 966. The summed E-state index contributed by atoms with van der Waals surface area (Å²) in [7, 11) is 1.47. The standard InChI is InChI=1S/C21H19BrN2O5/c1-14-11-16(5-6-17(14)22)24-20(25)13-29-21(26)8-4-15-3-7-18(28-10-9-23)19(12-15)27-2/h3-8,11-12H,10,13H2,1-2H3,(H,24,25). The van der Waals surface area contributed by atoms with E-state index in [0.29, 0.717) is 22.7 Å². The summed E-state index contributed by atoms with van der Waals surface area (Å²) < 4.78 is 16.3. The van der Waals surface area contributed by atoms with Crippen molar-refractivity contribution in [2.24, 2.45) is 0 Å². The first-order valence-electron chi connectivity index (χ1n) is 8.51. The summed E-state index contributed by atoms with van der Waals surface area (Å²) in [4.78, 5) is 23.8. The van der Waals surface area contributed by atoms with Crippen molar-refractivity contribution in [3.8, 4) is 17.6 Å². The summed E-state index contributed by atoms with van der Waals surface area (Å²) in [5, 5.41) is 11.2. The molecule has 2 aromatic rings. The van der Waals surface area contributed by atoms with Crippen LogP contribution < -0.4 is 14.8 Å². The van der Waals surface area contributed by atoms with Crippen LogP contribution in [0.15, 0.2) is 46.9 Å². The van der Waals surface area contributed by atoms with Crippen molar-refractivity contribution < 1.29 is 23.8 Å². The van der Waals surface area contributed by atoms with E-state index in [2.05, 4.69) is 21.2 Å². The number of nitriles is 1. The van der Waals surface area contributed by atoms with Crippen LogP contribution in [0.3, 0.4) is 0 Å². The number of hydrogen-bond acceptors (Lipinski definition) is 6. The van der Waals surface area contributed by atoms with Crippen LogP contribution in [0.2, 0.25) is 0 Å². The summed E-state index contributed by atoms with van der Waals surface area (Å²) in [5.41, 5.74) is 2.26. The topological polar surface area (TPSA) is 97.7 Å². The first kappa shape index (κ1) is 22.0. The molecule has 2 rings (SSSR count). The fourth-order valence-corrected chi connectivity index (χ4v) is 2.53. The lowest BCUT2D eigenvalue weighted by atomic mass is 10.2. The van der Waals surface area contributed by atoms with E-state index >= 15 is 0 Å². The molecule has 0 unspecified atom stereocenters. The predicted molar refractivity (Wildman–Crippen MR) is 112 cm³/mol. The molecule has 0 spiro atoms. The smallest absolute Gasteiger partial charge is 0.331 e. The van der Waals surface area contributed by atoms with Gasteiger partial charge in [-0.05, 0) is 54.5 Å². The zero-order chi connectivity index (χ0) is 21.2. The van der Waals surface area contributed by atoms with E-state index in [-0.39, 0.29) is 6.61 Å². The molecule has 0 radical (unpaired) electrons. The Morgan fingerprint density at radius 3 is 2.69 bits per heavy atom. The largest absolute Gasteiger partial charge is 0.493 e. The Morgan fingerprint density at radius 2 is 2.00 bits per heavy atom. The van der Waals surface area contributed by atoms with Crippen molar-refractivity contribution in [2.45, 2.75) is 6.92 Å².